The van der Waals surface area contributed by atoms with E-state index in [2.05, 4.69) is 15.2 Å². The van der Waals surface area contributed by atoms with E-state index in [1.165, 1.54) is 7.11 Å². The Bertz CT molecular complexity index is 1350. The number of carbonyl (C=O) groups is 2. The van der Waals surface area contributed by atoms with E-state index in [-0.39, 0.29) is 5.69 Å². The van der Waals surface area contributed by atoms with Gasteiger partial charge in [0.2, 0.25) is 0 Å². The fourth-order valence-corrected chi connectivity index (χ4v) is 5.30. The molecule has 212 valence electrons. The third-order valence-electron chi connectivity index (χ3n) is 7.27. The predicted molar refractivity (Wildman–Crippen MR) is 157 cm³/mol. The monoisotopic (exact) mass is 564 g/mol. The molecule has 3 aromatic rings. The summed E-state index contributed by atoms with van der Waals surface area (Å²) in [6.45, 7) is 3.35. The molecule has 0 bridgehead atoms. The fourth-order valence-electron chi connectivity index (χ4n) is 5.13. The number of amides is 1. The van der Waals surface area contributed by atoms with Gasteiger partial charge in [0.15, 0.2) is 0 Å². The van der Waals surface area contributed by atoms with E-state index in [1.807, 2.05) is 51.4 Å². The van der Waals surface area contributed by atoms with E-state index in [0.717, 1.165) is 54.6 Å². The number of nitrogens with zero attached hydrogens (tertiary/aromatic N) is 3. The number of hydrogen-bond acceptors (Lipinski definition) is 7. The second kappa shape index (κ2) is 13.2. The molecule has 1 fully saturated rings. The van der Waals surface area contributed by atoms with Gasteiger partial charge in [-0.3, -0.25) is 9.78 Å². The summed E-state index contributed by atoms with van der Waals surface area (Å²) >= 11 is 6.48. The van der Waals surface area contributed by atoms with Crippen molar-refractivity contribution in [2.75, 3.05) is 34.4 Å². The van der Waals surface area contributed by atoms with Crippen LogP contribution in [0.25, 0.3) is 22.4 Å². The molecule has 40 heavy (non-hydrogen) atoms. The molecule has 1 amide bonds. The van der Waals surface area contributed by atoms with Crippen LogP contribution < -0.4 is 10.1 Å². The van der Waals surface area contributed by atoms with Gasteiger partial charge in [0.1, 0.15) is 17.0 Å². The van der Waals surface area contributed by atoms with Gasteiger partial charge in [-0.05, 0) is 70.6 Å². The van der Waals surface area contributed by atoms with Crippen LogP contribution in [0.1, 0.15) is 54.7 Å². The summed E-state index contributed by atoms with van der Waals surface area (Å²) in [5.41, 5.74) is 3.07. The van der Waals surface area contributed by atoms with Crippen molar-refractivity contribution in [2.45, 2.75) is 51.0 Å². The van der Waals surface area contributed by atoms with E-state index in [4.69, 9.17) is 26.1 Å². The molecule has 1 aromatic carbocycles. The summed E-state index contributed by atoms with van der Waals surface area (Å²) in [5.74, 6) is -0.287. The highest BCUT2D eigenvalue weighted by molar-refractivity contribution is 6.32. The van der Waals surface area contributed by atoms with Gasteiger partial charge < -0.3 is 19.7 Å². The third-order valence-corrected chi connectivity index (χ3v) is 7.59. The first-order valence-electron chi connectivity index (χ1n) is 13.7. The summed E-state index contributed by atoms with van der Waals surface area (Å²) < 4.78 is 11.1. The van der Waals surface area contributed by atoms with E-state index < -0.39 is 17.4 Å². The number of halogens is 1. The largest absolute Gasteiger partial charge is 0.492 e. The molecule has 0 saturated heterocycles. The number of aromatic nitrogens is 2. The lowest BCUT2D eigenvalue weighted by atomic mass is 9.81. The Hall–Kier alpha value is -3.49. The first kappa shape index (κ1) is 29.5. The number of benzene rings is 1. The maximum atomic E-state index is 13.5. The summed E-state index contributed by atoms with van der Waals surface area (Å²) in [4.78, 5) is 37.7. The topological polar surface area (TPSA) is 93.6 Å². The number of nitrogens with one attached hydrogen (secondary N) is 1. The standard InChI is InChI=1S/C31H37ClN4O4/c1-21-23(10-8-17-33-21)24-12-14-26(29(37)35-31(30(38)39-4)15-6-5-7-16-31)34-28(24)22-11-13-25(32)27(20-22)40-19-9-18-36(2)3/h8,10-14,17,20H,5-7,9,15-16,18-19H2,1-4H3,(H,35,37). The number of pyridine rings is 2. The van der Waals surface area contributed by atoms with Gasteiger partial charge in [0, 0.05) is 35.1 Å². The Morgan fingerprint density at radius 3 is 2.55 bits per heavy atom. The Labute approximate surface area is 241 Å². The van der Waals surface area contributed by atoms with Crippen LogP contribution in [0.4, 0.5) is 0 Å². The number of esters is 1. The maximum Gasteiger partial charge on any atom is 0.331 e. The molecule has 0 atom stereocenters. The lowest BCUT2D eigenvalue weighted by Gasteiger charge is -2.35. The molecule has 1 N–H and O–H groups in total. The summed E-state index contributed by atoms with van der Waals surface area (Å²) in [7, 11) is 5.39. The molecule has 0 unspecified atom stereocenters. The molecular formula is C31H37ClN4O4. The van der Waals surface area contributed by atoms with Gasteiger partial charge in [-0.2, -0.15) is 0 Å². The molecule has 0 aliphatic heterocycles. The average molecular weight is 565 g/mol. The quantitative estimate of drug-likeness (QED) is 0.249. The zero-order valence-corrected chi connectivity index (χ0v) is 24.4. The zero-order valence-electron chi connectivity index (χ0n) is 23.6. The maximum absolute atomic E-state index is 13.5. The minimum Gasteiger partial charge on any atom is -0.492 e. The van der Waals surface area contributed by atoms with Gasteiger partial charge >= 0.3 is 5.97 Å². The van der Waals surface area contributed by atoms with Gasteiger partial charge in [0.25, 0.3) is 5.91 Å². The molecule has 1 saturated carbocycles. The molecule has 1 aliphatic carbocycles. The highest BCUT2D eigenvalue weighted by Crippen LogP contribution is 2.36. The Balaban J connectivity index is 1.73. The number of carbonyl (C=O) groups excluding carboxylic acids is 2. The Morgan fingerprint density at radius 2 is 1.85 bits per heavy atom. The molecule has 4 rings (SSSR count). The second-order valence-corrected chi connectivity index (χ2v) is 10.9. The molecule has 0 spiro atoms. The number of methoxy groups -OCH3 is 1. The zero-order chi connectivity index (χ0) is 28.7. The predicted octanol–water partition coefficient (Wildman–Crippen LogP) is 5.71. The lowest BCUT2D eigenvalue weighted by Crippen LogP contribution is -2.56. The van der Waals surface area contributed by atoms with Crippen LogP contribution in [0, 0.1) is 6.92 Å². The molecule has 8 nitrogen and oxygen atoms in total. The highest BCUT2D eigenvalue weighted by Gasteiger charge is 2.42. The van der Waals surface area contributed by atoms with Gasteiger partial charge in [-0.25, -0.2) is 9.78 Å². The first-order chi connectivity index (χ1) is 19.2. The van der Waals surface area contributed by atoms with E-state index in [1.54, 1.807) is 18.3 Å². The van der Waals surface area contributed by atoms with Crippen molar-refractivity contribution in [3.63, 3.8) is 0 Å². The lowest BCUT2D eigenvalue weighted by molar-refractivity contribution is -0.149. The van der Waals surface area contributed by atoms with Gasteiger partial charge in [0.05, 0.1) is 24.4 Å². The number of aryl methyl sites for hydroxylation is 1. The van der Waals surface area contributed by atoms with Crippen molar-refractivity contribution < 1.29 is 19.1 Å². The minimum atomic E-state index is -1.04. The molecular weight excluding hydrogens is 528 g/mol. The van der Waals surface area contributed by atoms with Crippen LogP contribution in [-0.4, -0.2) is 66.6 Å². The van der Waals surface area contributed by atoms with E-state index >= 15 is 0 Å². The van der Waals surface area contributed by atoms with Gasteiger partial charge in [-0.1, -0.05) is 43.0 Å². The van der Waals surface area contributed by atoms with Crippen LogP contribution in [0.5, 0.6) is 5.75 Å². The number of ether oxygens (including phenoxy) is 2. The molecule has 0 radical (unpaired) electrons. The normalized spacial score (nSPS) is 14.6. The Kier molecular flexibility index (Phi) is 9.76. The first-order valence-corrected chi connectivity index (χ1v) is 14.0. The van der Waals surface area contributed by atoms with Crippen LogP contribution >= 0.6 is 11.6 Å². The van der Waals surface area contributed by atoms with Crippen LogP contribution in [-0.2, 0) is 9.53 Å². The fraction of sp³-hybridized carbons (Fsp3) is 0.419. The Morgan fingerprint density at radius 1 is 1.07 bits per heavy atom. The van der Waals surface area contributed by atoms with Crippen molar-refractivity contribution in [1.29, 1.82) is 0 Å². The minimum absolute atomic E-state index is 0.206. The SMILES string of the molecule is COC(=O)C1(NC(=O)c2ccc(-c3cccnc3C)c(-c3ccc(Cl)c(OCCCN(C)C)c3)n2)CCCCC1. The summed E-state index contributed by atoms with van der Waals surface area (Å²) in [5, 5.41) is 3.47. The molecule has 9 heteroatoms. The van der Waals surface area contributed by atoms with Crippen molar-refractivity contribution in [2.24, 2.45) is 0 Å². The number of rotatable bonds is 10. The van der Waals surface area contributed by atoms with Crippen LogP contribution in [0.15, 0.2) is 48.7 Å². The van der Waals surface area contributed by atoms with Crippen molar-refractivity contribution >= 4 is 23.5 Å². The summed E-state index contributed by atoms with van der Waals surface area (Å²) in [6.07, 6.45) is 6.38. The second-order valence-electron chi connectivity index (χ2n) is 10.5. The third kappa shape index (κ3) is 6.80. The smallest absolute Gasteiger partial charge is 0.331 e. The summed E-state index contributed by atoms with van der Waals surface area (Å²) in [6, 6.07) is 12.9. The molecule has 1 aliphatic rings. The number of hydrogen-bond donors (Lipinski definition) is 1. The average Bonchev–Trinajstić information content (AvgIpc) is 2.96. The van der Waals surface area contributed by atoms with Gasteiger partial charge in [-0.15, -0.1) is 0 Å². The van der Waals surface area contributed by atoms with Crippen molar-refractivity contribution in [1.82, 2.24) is 20.2 Å². The van der Waals surface area contributed by atoms with Crippen molar-refractivity contribution in [3.05, 3.63) is 65.1 Å². The highest BCUT2D eigenvalue weighted by atomic mass is 35.5. The van der Waals surface area contributed by atoms with E-state index in [9.17, 15) is 9.59 Å². The molecule has 2 aromatic heterocycles. The van der Waals surface area contributed by atoms with Crippen LogP contribution in [0.2, 0.25) is 5.02 Å². The molecule has 2 heterocycles. The van der Waals surface area contributed by atoms with E-state index in [0.29, 0.717) is 35.9 Å². The van der Waals surface area contributed by atoms with Crippen molar-refractivity contribution in [3.8, 4) is 28.1 Å². The van der Waals surface area contributed by atoms with Crippen LogP contribution in [0.3, 0.4) is 0 Å².